The standard InChI is InChI=1S/C18H13IN2O5/c19-12-3-5-13(6-4-12)21-18(25)15(17(24)20-21)9-11-1-7-14(8-2-11)26-10-16(22)23/h1-9H,10H2,(H,20,24)(H,22,23)/b15-9-. The van der Waals surface area contributed by atoms with Gasteiger partial charge in [-0.05, 0) is 70.6 Å². The number of hydrogen-bond acceptors (Lipinski definition) is 4. The lowest BCUT2D eigenvalue weighted by molar-refractivity contribution is -0.139. The van der Waals surface area contributed by atoms with Crippen LogP contribution < -0.4 is 15.2 Å². The van der Waals surface area contributed by atoms with Crippen LogP contribution in [0.5, 0.6) is 5.75 Å². The molecule has 1 heterocycles. The summed E-state index contributed by atoms with van der Waals surface area (Å²) in [7, 11) is 0. The summed E-state index contributed by atoms with van der Waals surface area (Å²) in [5, 5.41) is 9.79. The summed E-state index contributed by atoms with van der Waals surface area (Å²) >= 11 is 2.16. The fourth-order valence-electron chi connectivity index (χ4n) is 2.30. The molecule has 1 aliphatic heterocycles. The van der Waals surface area contributed by atoms with Crippen molar-refractivity contribution in [2.45, 2.75) is 0 Å². The second-order valence-corrected chi connectivity index (χ2v) is 6.61. The molecular formula is C18H13IN2O5. The number of rotatable bonds is 5. The summed E-state index contributed by atoms with van der Waals surface area (Å²) in [6, 6.07) is 13.6. The van der Waals surface area contributed by atoms with E-state index in [4.69, 9.17) is 9.84 Å². The van der Waals surface area contributed by atoms with Crippen molar-refractivity contribution in [2.75, 3.05) is 11.6 Å². The molecule has 3 rings (SSSR count). The summed E-state index contributed by atoms with van der Waals surface area (Å²) in [6.07, 6.45) is 1.48. The minimum atomic E-state index is -1.07. The van der Waals surface area contributed by atoms with Gasteiger partial charge in [-0.25, -0.2) is 9.80 Å². The highest BCUT2D eigenvalue weighted by Crippen LogP contribution is 2.23. The minimum absolute atomic E-state index is 0.0164. The number of nitrogens with zero attached hydrogens (tertiary/aromatic N) is 1. The number of ether oxygens (including phenoxy) is 1. The Balaban J connectivity index is 1.78. The Labute approximate surface area is 162 Å². The highest BCUT2D eigenvalue weighted by molar-refractivity contribution is 14.1. The number of carbonyl (C=O) groups excluding carboxylic acids is 2. The third-order valence-corrected chi connectivity index (χ3v) is 4.25. The minimum Gasteiger partial charge on any atom is -0.482 e. The van der Waals surface area contributed by atoms with Gasteiger partial charge in [0.15, 0.2) is 6.61 Å². The second-order valence-electron chi connectivity index (χ2n) is 5.37. The topological polar surface area (TPSA) is 95.9 Å². The van der Waals surface area contributed by atoms with Gasteiger partial charge in [0.25, 0.3) is 11.8 Å². The van der Waals surface area contributed by atoms with Gasteiger partial charge in [-0.15, -0.1) is 0 Å². The highest BCUT2D eigenvalue weighted by atomic mass is 127. The summed E-state index contributed by atoms with van der Waals surface area (Å²) in [4.78, 5) is 35.2. The summed E-state index contributed by atoms with van der Waals surface area (Å²) in [6.45, 7) is -0.438. The van der Waals surface area contributed by atoms with E-state index in [1.807, 2.05) is 12.1 Å². The van der Waals surface area contributed by atoms with Gasteiger partial charge in [0.2, 0.25) is 0 Å². The molecular weight excluding hydrogens is 451 g/mol. The Kier molecular flexibility index (Phi) is 5.21. The number of aliphatic carboxylic acids is 1. The van der Waals surface area contributed by atoms with Crippen molar-refractivity contribution in [1.82, 2.24) is 5.43 Å². The van der Waals surface area contributed by atoms with Crippen molar-refractivity contribution in [3.05, 3.63) is 63.2 Å². The van der Waals surface area contributed by atoms with Gasteiger partial charge in [0.05, 0.1) is 5.69 Å². The van der Waals surface area contributed by atoms with Gasteiger partial charge in [-0.3, -0.25) is 15.0 Å². The van der Waals surface area contributed by atoms with Gasteiger partial charge in [0.1, 0.15) is 11.3 Å². The van der Waals surface area contributed by atoms with Crippen molar-refractivity contribution < 1.29 is 24.2 Å². The molecule has 0 radical (unpaired) electrons. The highest BCUT2D eigenvalue weighted by Gasteiger charge is 2.34. The van der Waals surface area contributed by atoms with Gasteiger partial charge < -0.3 is 9.84 Å². The van der Waals surface area contributed by atoms with Crippen LogP contribution in [0.1, 0.15) is 5.56 Å². The van der Waals surface area contributed by atoms with Gasteiger partial charge >= 0.3 is 5.97 Å². The van der Waals surface area contributed by atoms with E-state index in [2.05, 4.69) is 28.0 Å². The first kappa shape index (κ1) is 17.9. The van der Waals surface area contributed by atoms with E-state index in [9.17, 15) is 14.4 Å². The molecule has 0 aromatic heterocycles. The number of anilines is 1. The Hall–Kier alpha value is -2.88. The molecule has 0 aliphatic carbocycles. The van der Waals surface area contributed by atoms with Gasteiger partial charge in [-0.1, -0.05) is 12.1 Å². The van der Waals surface area contributed by atoms with Crippen molar-refractivity contribution in [3.8, 4) is 5.75 Å². The van der Waals surface area contributed by atoms with Crippen molar-refractivity contribution >= 4 is 52.1 Å². The zero-order valence-corrected chi connectivity index (χ0v) is 15.5. The molecule has 0 unspecified atom stereocenters. The molecule has 132 valence electrons. The lowest BCUT2D eigenvalue weighted by atomic mass is 10.1. The summed E-state index contributed by atoms with van der Waals surface area (Å²) in [5.41, 5.74) is 3.75. The number of carboxylic acids is 1. The maximum Gasteiger partial charge on any atom is 0.341 e. The van der Waals surface area contributed by atoms with E-state index >= 15 is 0 Å². The van der Waals surface area contributed by atoms with Crippen molar-refractivity contribution in [2.24, 2.45) is 0 Å². The molecule has 1 aliphatic rings. The molecule has 0 spiro atoms. The Morgan fingerprint density at radius 2 is 1.77 bits per heavy atom. The Morgan fingerprint density at radius 1 is 1.12 bits per heavy atom. The van der Waals surface area contributed by atoms with E-state index in [1.54, 1.807) is 36.4 Å². The van der Waals surface area contributed by atoms with E-state index in [1.165, 1.54) is 11.1 Å². The number of benzene rings is 2. The van der Waals surface area contributed by atoms with Crippen LogP contribution in [0.25, 0.3) is 6.08 Å². The first-order chi connectivity index (χ1) is 12.4. The van der Waals surface area contributed by atoms with Gasteiger partial charge in [0, 0.05) is 3.57 Å². The van der Waals surface area contributed by atoms with Crippen LogP contribution in [0.15, 0.2) is 54.1 Å². The fraction of sp³-hybridized carbons (Fsp3) is 0.0556. The number of carbonyl (C=O) groups is 3. The van der Waals surface area contributed by atoms with Crippen LogP contribution in [0.4, 0.5) is 5.69 Å². The molecule has 8 heteroatoms. The van der Waals surface area contributed by atoms with Crippen LogP contribution in [-0.2, 0) is 14.4 Å². The maximum absolute atomic E-state index is 12.5. The normalized spacial score (nSPS) is 15.3. The van der Waals surface area contributed by atoms with Crippen LogP contribution in [0.2, 0.25) is 0 Å². The van der Waals surface area contributed by atoms with E-state index in [-0.39, 0.29) is 5.57 Å². The molecule has 2 aromatic rings. The molecule has 2 N–H and O–H groups in total. The average Bonchev–Trinajstić information content (AvgIpc) is 2.90. The summed E-state index contributed by atoms with van der Waals surface area (Å²) in [5.74, 6) is -1.61. The monoisotopic (exact) mass is 464 g/mol. The molecule has 2 aromatic carbocycles. The predicted octanol–water partition coefficient (Wildman–Crippen LogP) is 2.22. The lowest BCUT2D eigenvalue weighted by Gasteiger charge is -2.14. The predicted molar refractivity (Wildman–Crippen MR) is 102 cm³/mol. The lowest BCUT2D eigenvalue weighted by Crippen LogP contribution is -2.35. The number of hydrogen-bond donors (Lipinski definition) is 2. The number of nitrogens with one attached hydrogen (secondary N) is 1. The first-order valence-electron chi connectivity index (χ1n) is 7.51. The van der Waals surface area contributed by atoms with Crippen LogP contribution >= 0.6 is 22.6 Å². The quantitative estimate of drug-likeness (QED) is 0.402. The number of halogens is 1. The number of hydrazine groups is 1. The first-order valence-corrected chi connectivity index (χ1v) is 8.59. The van der Waals surface area contributed by atoms with Crippen molar-refractivity contribution in [1.29, 1.82) is 0 Å². The molecule has 0 saturated carbocycles. The van der Waals surface area contributed by atoms with Crippen LogP contribution in [0, 0.1) is 3.57 Å². The number of carboxylic acid groups (broad SMARTS) is 1. The zero-order valence-electron chi connectivity index (χ0n) is 13.3. The smallest absolute Gasteiger partial charge is 0.341 e. The largest absolute Gasteiger partial charge is 0.482 e. The zero-order chi connectivity index (χ0) is 18.7. The molecule has 0 atom stereocenters. The van der Waals surface area contributed by atoms with E-state index < -0.39 is 24.4 Å². The molecule has 2 amide bonds. The van der Waals surface area contributed by atoms with E-state index in [0.717, 1.165) is 3.57 Å². The molecule has 0 bridgehead atoms. The third kappa shape index (κ3) is 4.02. The molecule has 26 heavy (non-hydrogen) atoms. The summed E-state index contributed by atoms with van der Waals surface area (Å²) < 4.78 is 6.06. The Morgan fingerprint density at radius 3 is 2.38 bits per heavy atom. The van der Waals surface area contributed by atoms with Crippen LogP contribution in [0.3, 0.4) is 0 Å². The molecule has 7 nitrogen and oxygen atoms in total. The second kappa shape index (κ2) is 7.56. The average molecular weight is 464 g/mol. The SMILES string of the molecule is O=C(O)COc1ccc(/C=C2/C(=O)NN(c3ccc(I)cc3)C2=O)cc1. The third-order valence-electron chi connectivity index (χ3n) is 3.53. The fourth-order valence-corrected chi connectivity index (χ4v) is 2.66. The van der Waals surface area contributed by atoms with Crippen molar-refractivity contribution in [3.63, 3.8) is 0 Å². The molecule has 1 saturated heterocycles. The van der Waals surface area contributed by atoms with E-state index in [0.29, 0.717) is 17.0 Å². The van der Waals surface area contributed by atoms with Crippen LogP contribution in [-0.4, -0.2) is 29.5 Å². The van der Waals surface area contributed by atoms with Gasteiger partial charge in [-0.2, -0.15) is 0 Å². The Bertz CT molecular complexity index is 891. The number of amides is 2. The molecule has 1 fully saturated rings. The maximum atomic E-state index is 12.5.